The quantitative estimate of drug-likeness (QED) is 0.872. The maximum absolute atomic E-state index is 12.7. The Kier molecular flexibility index (Phi) is 4.05. The predicted octanol–water partition coefficient (Wildman–Crippen LogP) is 3.02. The molecule has 0 saturated heterocycles. The topological polar surface area (TPSA) is 51.3 Å². The SMILES string of the molecule is CC[C@@H]1c2cccn2CCN1C(=O)CCc1c(C)noc1C. The summed E-state index contributed by atoms with van der Waals surface area (Å²) in [6.07, 6.45) is 4.26. The lowest BCUT2D eigenvalue weighted by Gasteiger charge is -2.36. The van der Waals surface area contributed by atoms with Crippen molar-refractivity contribution in [2.45, 2.75) is 52.6 Å². The lowest BCUT2D eigenvalue weighted by atomic mass is 10.0. The molecule has 0 saturated carbocycles. The van der Waals surface area contributed by atoms with Gasteiger partial charge in [0.2, 0.25) is 5.91 Å². The van der Waals surface area contributed by atoms with Crippen LogP contribution >= 0.6 is 0 Å². The number of carbonyl (C=O) groups excluding carboxylic acids is 1. The first-order valence-electron chi connectivity index (χ1n) is 7.98. The van der Waals surface area contributed by atoms with Crippen LogP contribution in [0.5, 0.6) is 0 Å². The normalized spacial score (nSPS) is 17.6. The van der Waals surface area contributed by atoms with Gasteiger partial charge in [0.15, 0.2) is 0 Å². The molecule has 1 amide bonds. The molecular formula is C17H23N3O2. The minimum absolute atomic E-state index is 0.195. The van der Waals surface area contributed by atoms with Crippen molar-refractivity contribution in [3.05, 3.63) is 41.0 Å². The highest BCUT2D eigenvalue weighted by atomic mass is 16.5. The van der Waals surface area contributed by atoms with Gasteiger partial charge in [-0.1, -0.05) is 12.1 Å². The van der Waals surface area contributed by atoms with Crippen molar-refractivity contribution in [1.82, 2.24) is 14.6 Å². The molecule has 0 aliphatic carbocycles. The summed E-state index contributed by atoms with van der Waals surface area (Å²) in [5.74, 6) is 1.05. The molecule has 2 aromatic heterocycles. The van der Waals surface area contributed by atoms with E-state index in [0.29, 0.717) is 12.8 Å². The molecule has 1 atom stereocenters. The largest absolute Gasteiger partial charge is 0.361 e. The number of hydrogen-bond donors (Lipinski definition) is 0. The third-order valence-corrected chi connectivity index (χ3v) is 4.64. The molecule has 0 bridgehead atoms. The van der Waals surface area contributed by atoms with Gasteiger partial charge in [-0.2, -0.15) is 0 Å². The molecule has 3 rings (SSSR count). The molecule has 0 unspecified atom stereocenters. The van der Waals surface area contributed by atoms with E-state index in [1.165, 1.54) is 5.69 Å². The van der Waals surface area contributed by atoms with E-state index in [1.807, 2.05) is 18.7 Å². The minimum atomic E-state index is 0.195. The molecule has 22 heavy (non-hydrogen) atoms. The van der Waals surface area contributed by atoms with Gasteiger partial charge in [-0.15, -0.1) is 0 Å². The van der Waals surface area contributed by atoms with Gasteiger partial charge >= 0.3 is 0 Å². The zero-order chi connectivity index (χ0) is 15.7. The predicted molar refractivity (Wildman–Crippen MR) is 83.5 cm³/mol. The molecule has 5 heteroatoms. The van der Waals surface area contributed by atoms with Crippen molar-refractivity contribution in [2.24, 2.45) is 0 Å². The lowest BCUT2D eigenvalue weighted by Crippen LogP contribution is -2.41. The Labute approximate surface area is 130 Å². The van der Waals surface area contributed by atoms with Crippen molar-refractivity contribution in [3.8, 4) is 0 Å². The zero-order valence-corrected chi connectivity index (χ0v) is 13.5. The van der Waals surface area contributed by atoms with E-state index < -0.39 is 0 Å². The van der Waals surface area contributed by atoms with Crippen LogP contribution in [0.15, 0.2) is 22.9 Å². The highest BCUT2D eigenvalue weighted by molar-refractivity contribution is 5.77. The number of carbonyl (C=O) groups is 1. The summed E-state index contributed by atoms with van der Waals surface area (Å²) in [5, 5.41) is 3.96. The van der Waals surface area contributed by atoms with Crippen molar-refractivity contribution < 1.29 is 9.32 Å². The van der Waals surface area contributed by atoms with Crippen LogP contribution in [0, 0.1) is 13.8 Å². The number of aryl methyl sites for hydroxylation is 2. The van der Waals surface area contributed by atoms with Crippen molar-refractivity contribution in [1.29, 1.82) is 0 Å². The van der Waals surface area contributed by atoms with Gasteiger partial charge in [0.1, 0.15) is 5.76 Å². The van der Waals surface area contributed by atoms with Gasteiger partial charge in [-0.3, -0.25) is 4.79 Å². The summed E-state index contributed by atoms with van der Waals surface area (Å²) in [6.45, 7) is 7.65. The number of nitrogens with zero attached hydrogens (tertiary/aromatic N) is 3. The Morgan fingerprint density at radius 1 is 1.41 bits per heavy atom. The van der Waals surface area contributed by atoms with Crippen LogP contribution < -0.4 is 0 Å². The first-order chi connectivity index (χ1) is 10.6. The second-order valence-corrected chi connectivity index (χ2v) is 5.94. The van der Waals surface area contributed by atoms with E-state index in [0.717, 1.165) is 36.5 Å². The van der Waals surface area contributed by atoms with Crippen LogP contribution in [0.25, 0.3) is 0 Å². The molecule has 1 aliphatic rings. The van der Waals surface area contributed by atoms with E-state index in [1.54, 1.807) is 0 Å². The molecule has 0 N–H and O–H groups in total. The fourth-order valence-corrected chi connectivity index (χ4v) is 3.43. The number of fused-ring (bicyclic) bond motifs is 1. The fraction of sp³-hybridized carbons (Fsp3) is 0.529. The maximum Gasteiger partial charge on any atom is 0.223 e. The summed E-state index contributed by atoms with van der Waals surface area (Å²) in [7, 11) is 0. The summed E-state index contributed by atoms with van der Waals surface area (Å²) in [5.41, 5.74) is 3.21. The average molecular weight is 301 g/mol. The molecule has 1 aliphatic heterocycles. The molecule has 0 spiro atoms. The molecule has 0 fully saturated rings. The van der Waals surface area contributed by atoms with Crippen LogP contribution in [-0.2, 0) is 17.8 Å². The number of rotatable bonds is 4. The van der Waals surface area contributed by atoms with Crippen LogP contribution in [0.3, 0.4) is 0 Å². The minimum Gasteiger partial charge on any atom is -0.361 e. The van der Waals surface area contributed by atoms with Crippen LogP contribution in [0.2, 0.25) is 0 Å². The monoisotopic (exact) mass is 301 g/mol. The first kappa shape index (κ1) is 14.9. The smallest absolute Gasteiger partial charge is 0.223 e. The third kappa shape index (κ3) is 2.56. The highest BCUT2D eigenvalue weighted by Crippen LogP contribution is 2.29. The lowest BCUT2D eigenvalue weighted by molar-refractivity contribution is -0.134. The Morgan fingerprint density at radius 3 is 2.91 bits per heavy atom. The molecule has 5 nitrogen and oxygen atoms in total. The summed E-state index contributed by atoms with van der Waals surface area (Å²) in [6, 6.07) is 4.39. The van der Waals surface area contributed by atoms with Gasteiger partial charge in [-0.05, 0) is 38.8 Å². The Bertz CT molecular complexity index is 652. The number of amides is 1. The van der Waals surface area contributed by atoms with Gasteiger partial charge in [0.25, 0.3) is 0 Å². The summed E-state index contributed by atoms with van der Waals surface area (Å²) in [4.78, 5) is 14.7. The maximum atomic E-state index is 12.7. The third-order valence-electron chi connectivity index (χ3n) is 4.64. The number of hydrogen-bond acceptors (Lipinski definition) is 3. The molecule has 3 heterocycles. The zero-order valence-electron chi connectivity index (χ0n) is 13.5. The molecule has 0 radical (unpaired) electrons. The van der Waals surface area contributed by atoms with E-state index in [9.17, 15) is 4.79 Å². The van der Waals surface area contributed by atoms with E-state index in [-0.39, 0.29) is 11.9 Å². The molecular weight excluding hydrogens is 278 g/mol. The van der Waals surface area contributed by atoms with E-state index >= 15 is 0 Å². The summed E-state index contributed by atoms with van der Waals surface area (Å²) >= 11 is 0. The van der Waals surface area contributed by atoms with Crippen LogP contribution in [-0.4, -0.2) is 27.1 Å². The first-order valence-corrected chi connectivity index (χ1v) is 7.98. The van der Waals surface area contributed by atoms with Gasteiger partial charge in [-0.25, -0.2) is 0 Å². The molecule has 118 valence electrons. The molecule has 0 aromatic carbocycles. The standard InChI is InChI=1S/C17H23N3O2/c1-4-15-16-6-5-9-19(16)10-11-20(15)17(21)8-7-14-12(2)18-22-13(14)3/h5-6,9,15H,4,7-8,10-11H2,1-3H3/t15-/m1/s1. The Hall–Kier alpha value is -2.04. The highest BCUT2D eigenvalue weighted by Gasteiger charge is 2.29. The van der Waals surface area contributed by atoms with Gasteiger partial charge < -0.3 is 14.0 Å². The van der Waals surface area contributed by atoms with Crippen molar-refractivity contribution >= 4 is 5.91 Å². The Balaban J connectivity index is 1.70. The Morgan fingerprint density at radius 2 is 2.23 bits per heavy atom. The fourth-order valence-electron chi connectivity index (χ4n) is 3.43. The molecule has 2 aromatic rings. The van der Waals surface area contributed by atoms with Gasteiger partial charge in [0, 0.05) is 37.0 Å². The second-order valence-electron chi connectivity index (χ2n) is 5.94. The van der Waals surface area contributed by atoms with Crippen molar-refractivity contribution in [2.75, 3.05) is 6.54 Å². The summed E-state index contributed by atoms with van der Waals surface area (Å²) < 4.78 is 7.43. The van der Waals surface area contributed by atoms with Crippen LogP contribution in [0.1, 0.15) is 48.5 Å². The van der Waals surface area contributed by atoms with E-state index in [4.69, 9.17) is 4.52 Å². The number of aromatic nitrogens is 2. The van der Waals surface area contributed by atoms with E-state index in [2.05, 4.69) is 35.0 Å². The van der Waals surface area contributed by atoms with Crippen LogP contribution in [0.4, 0.5) is 0 Å². The second kappa shape index (κ2) is 5.99. The van der Waals surface area contributed by atoms with Gasteiger partial charge in [0.05, 0.1) is 11.7 Å². The average Bonchev–Trinajstić information content (AvgIpc) is 3.11. The van der Waals surface area contributed by atoms with Crippen molar-refractivity contribution in [3.63, 3.8) is 0 Å².